The van der Waals surface area contributed by atoms with Gasteiger partial charge in [-0.3, -0.25) is 0 Å². The highest BCUT2D eigenvalue weighted by molar-refractivity contribution is 7.70. The van der Waals surface area contributed by atoms with Gasteiger partial charge in [-0.25, -0.2) is 13.1 Å². The summed E-state index contributed by atoms with van der Waals surface area (Å²) in [5.41, 5.74) is 1.53. The van der Waals surface area contributed by atoms with Gasteiger partial charge in [0.05, 0.1) is 6.54 Å². The molecule has 2 aromatic rings. The van der Waals surface area contributed by atoms with E-state index in [1.165, 1.54) is 6.54 Å². The first-order valence-corrected chi connectivity index (χ1v) is 5.13. The molecule has 0 saturated heterocycles. The van der Waals surface area contributed by atoms with Crippen LogP contribution in [0.5, 0.6) is 0 Å². The maximum atomic E-state index is 10.3. The van der Waals surface area contributed by atoms with Gasteiger partial charge >= 0.3 is 0 Å². The number of thiol groups is 1. The van der Waals surface area contributed by atoms with Crippen molar-refractivity contribution in [1.29, 1.82) is 0 Å². The Balaban J connectivity index is 2.33. The largest absolute Gasteiger partial charge is 0.410 e. The smallest absolute Gasteiger partial charge is 0.202 e. The van der Waals surface area contributed by atoms with E-state index in [0.717, 1.165) is 0 Å². The third kappa shape index (κ3) is 2.05. The average Bonchev–Trinajstić information content (AvgIpc) is 2.57. The molecule has 0 unspecified atom stereocenters. The molecule has 0 bridgehead atoms. The summed E-state index contributed by atoms with van der Waals surface area (Å²) < 4.78 is 22.7. The quantitative estimate of drug-likeness (QED) is 0.475. The summed E-state index contributed by atoms with van der Waals surface area (Å²) in [6.07, 6.45) is 0. The second-order valence-corrected chi connectivity index (χ2v) is 3.53. The summed E-state index contributed by atoms with van der Waals surface area (Å²) in [6, 6.07) is 4.84. The number of hydrogen-bond donors (Lipinski definition) is 3. The van der Waals surface area contributed by atoms with Gasteiger partial charge in [0.2, 0.25) is 10.9 Å². The van der Waals surface area contributed by atoms with Crippen molar-refractivity contribution in [2.75, 3.05) is 0 Å². The van der Waals surface area contributed by atoms with Crippen molar-refractivity contribution in [3.63, 3.8) is 0 Å². The fourth-order valence-electron chi connectivity index (χ4n) is 1.14. The van der Waals surface area contributed by atoms with Crippen molar-refractivity contribution in [1.82, 2.24) is 19.9 Å². The highest BCUT2D eigenvalue weighted by Gasteiger charge is 2.04. The fraction of sp³-hybridized carbons (Fsp3) is 0. The molecule has 7 nitrogen and oxygen atoms in total. The molecular formula is C7H7N4O3S. The van der Waals surface area contributed by atoms with E-state index in [9.17, 15) is 13.6 Å². The third-order valence-corrected chi connectivity index (χ3v) is 2.13. The lowest BCUT2D eigenvalue weighted by atomic mass is 10.2. The maximum Gasteiger partial charge on any atom is 0.202 e. The molecule has 2 N–H and O–H groups in total. The van der Waals surface area contributed by atoms with Gasteiger partial charge in [-0.1, -0.05) is 10.9 Å². The predicted octanol–water partition coefficient (Wildman–Crippen LogP) is -0.706. The van der Waals surface area contributed by atoms with Crippen LogP contribution in [0.4, 0.5) is 0 Å². The molecule has 0 amide bonds. The standard InChI is InChI=1S/C7H7N4O3S/c12-11-7-3-5(4-8-15(13)14)1-2-6(7)9-10-11/h1-4,12,15H,(H,8,13,14). The van der Waals surface area contributed by atoms with Crippen LogP contribution < -0.4 is 4.72 Å². The fourth-order valence-corrected chi connectivity index (χ4v) is 1.40. The maximum absolute atomic E-state index is 10.3. The van der Waals surface area contributed by atoms with Crippen molar-refractivity contribution in [3.8, 4) is 0 Å². The molecule has 0 aliphatic carbocycles. The topological polar surface area (TPSA) is 97.1 Å². The van der Waals surface area contributed by atoms with Crippen LogP contribution in [-0.4, -0.2) is 28.8 Å². The number of nitrogens with zero attached hydrogens (tertiary/aromatic N) is 3. The molecular weight excluding hydrogens is 220 g/mol. The average molecular weight is 227 g/mol. The number of aromatic nitrogens is 3. The normalized spacial score (nSPS) is 11.3. The van der Waals surface area contributed by atoms with Crippen molar-refractivity contribution >= 4 is 21.9 Å². The van der Waals surface area contributed by atoms with E-state index >= 15 is 0 Å². The molecule has 0 atom stereocenters. The van der Waals surface area contributed by atoms with Crippen LogP contribution in [-0.2, 0) is 10.9 Å². The summed E-state index contributed by atoms with van der Waals surface area (Å²) in [5.74, 6) is 0. The molecule has 0 aliphatic heterocycles. The van der Waals surface area contributed by atoms with E-state index < -0.39 is 10.9 Å². The van der Waals surface area contributed by atoms with Gasteiger partial charge < -0.3 is 5.21 Å². The molecule has 1 heterocycles. The van der Waals surface area contributed by atoms with Crippen LogP contribution in [0, 0.1) is 6.54 Å². The van der Waals surface area contributed by atoms with Crippen LogP contribution in [0.25, 0.3) is 11.0 Å². The molecule has 15 heavy (non-hydrogen) atoms. The first-order valence-electron chi connectivity index (χ1n) is 3.95. The Morgan fingerprint density at radius 2 is 2.27 bits per heavy atom. The van der Waals surface area contributed by atoms with Crippen LogP contribution >= 0.6 is 0 Å². The molecule has 79 valence electrons. The van der Waals surface area contributed by atoms with E-state index in [0.29, 0.717) is 21.4 Å². The Labute approximate surface area is 86.4 Å². The Bertz CT molecular complexity index is 554. The zero-order valence-corrected chi connectivity index (χ0v) is 8.26. The molecule has 1 aromatic carbocycles. The second kappa shape index (κ2) is 3.83. The van der Waals surface area contributed by atoms with Crippen molar-refractivity contribution in [2.24, 2.45) is 0 Å². The highest BCUT2D eigenvalue weighted by Crippen LogP contribution is 2.12. The van der Waals surface area contributed by atoms with E-state index in [1.54, 1.807) is 18.2 Å². The van der Waals surface area contributed by atoms with Crippen LogP contribution in [0.1, 0.15) is 5.56 Å². The van der Waals surface area contributed by atoms with Crippen LogP contribution in [0.2, 0.25) is 0 Å². The van der Waals surface area contributed by atoms with Gasteiger partial charge in [-0.15, -0.1) is 5.10 Å². The van der Waals surface area contributed by atoms with E-state index in [2.05, 4.69) is 15.0 Å². The zero-order chi connectivity index (χ0) is 10.8. The summed E-state index contributed by atoms with van der Waals surface area (Å²) in [6.45, 7) is 1.30. The first kappa shape index (κ1) is 9.87. The monoisotopic (exact) mass is 227 g/mol. The Morgan fingerprint density at radius 1 is 1.47 bits per heavy atom. The number of rotatable bonds is 3. The highest BCUT2D eigenvalue weighted by atomic mass is 32.2. The Kier molecular flexibility index (Phi) is 2.52. The molecule has 2 rings (SSSR count). The SMILES string of the molecule is O=[SH](=O)N[CH]c1ccc2nnn(O)c2c1. The van der Waals surface area contributed by atoms with E-state index in [4.69, 9.17) is 0 Å². The van der Waals surface area contributed by atoms with Gasteiger partial charge in [0.1, 0.15) is 11.0 Å². The van der Waals surface area contributed by atoms with Crippen molar-refractivity contribution in [3.05, 3.63) is 30.3 Å². The summed E-state index contributed by atoms with van der Waals surface area (Å²) in [4.78, 5) is 0.629. The van der Waals surface area contributed by atoms with E-state index in [-0.39, 0.29) is 0 Å². The van der Waals surface area contributed by atoms with Gasteiger partial charge in [-0.2, -0.15) is 0 Å². The third-order valence-electron chi connectivity index (χ3n) is 1.79. The molecule has 1 aromatic heterocycles. The lowest BCUT2D eigenvalue weighted by Crippen LogP contribution is -2.07. The predicted molar refractivity (Wildman–Crippen MR) is 51.6 cm³/mol. The minimum Gasteiger partial charge on any atom is -0.410 e. The first-order chi connectivity index (χ1) is 7.16. The number of fused-ring (bicyclic) bond motifs is 1. The number of benzene rings is 1. The summed E-state index contributed by atoms with van der Waals surface area (Å²) in [5, 5.41) is 16.3. The van der Waals surface area contributed by atoms with E-state index in [1.807, 2.05) is 0 Å². The summed E-state index contributed by atoms with van der Waals surface area (Å²) >= 11 is 0. The lowest BCUT2D eigenvalue weighted by molar-refractivity contribution is 0.154. The molecule has 8 heteroatoms. The minimum atomic E-state index is -2.67. The molecule has 1 radical (unpaired) electrons. The molecule has 0 spiro atoms. The van der Waals surface area contributed by atoms with Gasteiger partial charge in [0.15, 0.2) is 0 Å². The van der Waals surface area contributed by atoms with Crippen LogP contribution in [0.3, 0.4) is 0 Å². The van der Waals surface area contributed by atoms with Gasteiger partial charge in [0, 0.05) is 0 Å². The lowest BCUT2D eigenvalue weighted by Gasteiger charge is -1.97. The Hall–Kier alpha value is -1.67. The number of hydrogen-bond acceptors (Lipinski definition) is 5. The second-order valence-electron chi connectivity index (χ2n) is 2.76. The van der Waals surface area contributed by atoms with Gasteiger partial charge in [-0.05, 0) is 22.9 Å². The van der Waals surface area contributed by atoms with Crippen LogP contribution in [0.15, 0.2) is 18.2 Å². The van der Waals surface area contributed by atoms with Crippen molar-refractivity contribution in [2.45, 2.75) is 0 Å². The Morgan fingerprint density at radius 3 is 3.00 bits per heavy atom. The number of nitrogens with one attached hydrogen (secondary N) is 1. The summed E-state index contributed by atoms with van der Waals surface area (Å²) in [7, 11) is -2.67. The molecule has 0 saturated carbocycles. The van der Waals surface area contributed by atoms with Crippen molar-refractivity contribution < 1.29 is 13.6 Å². The molecule has 0 fully saturated rings. The van der Waals surface area contributed by atoms with Gasteiger partial charge in [0.25, 0.3) is 0 Å². The molecule has 0 aliphatic rings. The minimum absolute atomic E-state index is 0.409. The zero-order valence-electron chi connectivity index (χ0n) is 7.36.